The van der Waals surface area contributed by atoms with Crippen molar-refractivity contribution in [2.75, 3.05) is 0 Å². The second-order valence-corrected chi connectivity index (χ2v) is 7.78. The molecule has 1 N–H and O–H groups in total. The maximum absolute atomic E-state index is 5.03. The van der Waals surface area contributed by atoms with E-state index in [1.54, 1.807) is 4.88 Å². The van der Waals surface area contributed by atoms with E-state index in [9.17, 15) is 0 Å². The quantitative estimate of drug-likeness (QED) is 0.790. The van der Waals surface area contributed by atoms with E-state index >= 15 is 0 Å². The van der Waals surface area contributed by atoms with Crippen LogP contribution in [0.15, 0.2) is 0 Å². The number of hydrogen-bond acceptors (Lipinski definition) is 3. The van der Waals surface area contributed by atoms with Gasteiger partial charge in [0.1, 0.15) is 5.01 Å². The maximum atomic E-state index is 5.03. The van der Waals surface area contributed by atoms with E-state index in [-0.39, 0.29) is 5.54 Å². The highest BCUT2D eigenvalue weighted by Gasteiger charge is 2.36. The lowest BCUT2D eigenvalue weighted by Crippen LogP contribution is -2.46. The Morgan fingerprint density at radius 1 is 1.25 bits per heavy atom. The molecule has 20 heavy (non-hydrogen) atoms. The second-order valence-electron chi connectivity index (χ2n) is 6.69. The van der Waals surface area contributed by atoms with Crippen molar-refractivity contribution in [1.82, 2.24) is 10.3 Å². The Labute approximate surface area is 128 Å². The van der Waals surface area contributed by atoms with Crippen molar-refractivity contribution in [2.45, 2.75) is 84.7 Å². The Balaban J connectivity index is 2.32. The van der Waals surface area contributed by atoms with Crippen molar-refractivity contribution in [1.29, 1.82) is 0 Å². The van der Waals surface area contributed by atoms with Gasteiger partial charge in [0.05, 0.1) is 11.2 Å². The Hall–Kier alpha value is -0.410. The van der Waals surface area contributed by atoms with E-state index < -0.39 is 0 Å². The fraction of sp³-hybridized carbons (Fsp3) is 0.824. The van der Waals surface area contributed by atoms with E-state index in [2.05, 4.69) is 39.9 Å². The summed E-state index contributed by atoms with van der Waals surface area (Å²) in [6.45, 7) is 11.5. The zero-order valence-corrected chi connectivity index (χ0v) is 14.6. The molecule has 0 aliphatic heterocycles. The standard InChI is InChI=1S/C17H30N2S/c1-6-13(5)11-17(7-2,19-12(3)4)16-18-14-9-8-10-15(14)20-16/h12-13,19H,6-11H2,1-5H3. The summed E-state index contributed by atoms with van der Waals surface area (Å²) in [5, 5.41) is 5.21. The first-order valence-electron chi connectivity index (χ1n) is 8.27. The van der Waals surface area contributed by atoms with Crippen LogP contribution in [0.25, 0.3) is 0 Å². The fourth-order valence-electron chi connectivity index (χ4n) is 3.29. The van der Waals surface area contributed by atoms with Gasteiger partial charge in [-0.05, 0) is 51.9 Å². The molecule has 114 valence electrons. The van der Waals surface area contributed by atoms with Crippen LogP contribution in [-0.4, -0.2) is 11.0 Å². The molecule has 1 heterocycles. The molecule has 1 aromatic heterocycles. The number of fused-ring (bicyclic) bond motifs is 1. The molecule has 0 saturated carbocycles. The summed E-state index contributed by atoms with van der Waals surface area (Å²) < 4.78 is 0. The molecule has 0 bridgehead atoms. The summed E-state index contributed by atoms with van der Waals surface area (Å²) in [6.07, 6.45) is 7.31. The Kier molecular flexibility index (Phi) is 5.25. The fourth-order valence-corrected chi connectivity index (χ4v) is 4.68. The summed E-state index contributed by atoms with van der Waals surface area (Å²) in [4.78, 5) is 6.58. The smallest absolute Gasteiger partial charge is 0.113 e. The van der Waals surface area contributed by atoms with Gasteiger partial charge in [0, 0.05) is 10.9 Å². The summed E-state index contributed by atoms with van der Waals surface area (Å²) in [5.74, 6) is 0.736. The van der Waals surface area contributed by atoms with Crippen LogP contribution in [0.4, 0.5) is 0 Å². The average Bonchev–Trinajstić information content (AvgIpc) is 2.97. The summed E-state index contributed by atoms with van der Waals surface area (Å²) >= 11 is 1.97. The third kappa shape index (κ3) is 3.25. The van der Waals surface area contributed by atoms with Crippen molar-refractivity contribution in [3.8, 4) is 0 Å². The third-order valence-corrected chi connectivity index (χ3v) is 5.93. The van der Waals surface area contributed by atoms with Crippen LogP contribution < -0.4 is 5.32 Å². The normalized spacial score (nSPS) is 19.1. The zero-order chi connectivity index (χ0) is 14.8. The van der Waals surface area contributed by atoms with Crippen molar-refractivity contribution >= 4 is 11.3 Å². The molecule has 0 spiro atoms. The van der Waals surface area contributed by atoms with Crippen LogP contribution in [0.3, 0.4) is 0 Å². The molecular weight excluding hydrogens is 264 g/mol. The first-order chi connectivity index (χ1) is 9.50. The van der Waals surface area contributed by atoms with Gasteiger partial charge in [-0.25, -0.2) is 4.98 Å². The lowest BCUT2D eigenvalue weighted by atomic mass is 9.84. The molecule has 0 fully saturated rings. The Morgan fingerprint density at radius 2 is 2.00 bits per heavy atom. The molecule has 2 unspecified atom stereocenters. The molecule has 1 aromatic rings. The molecule has 2 nitrogen and oxygen atoms in total. The van der Waals surface area contributed by atoms with Crippen LogP contribution in [0.1, 0.15) is 75.9 Å². The number of aryl methyl sites for hydroxylation is 2. The largest absolute Gasteiger partial charge is 0.303 e. The Morgan fingerprint density at radius 3 is 2.55 bits per heavy atom. The predicted molar refractivity (Wildman–Crippen MR) is 88.5 cm³/mol. The molecule has 0 saturated heterocycles. The van der Waals surface area contributed by atoms with E-state index in [4.69, 9.17) is 4.98 Å². The van der Waals surface area contributed by atoms with Crippen LogP contribution in [-0.2, 0) is 18.4 Å². The van der Waals surface area contributed by atoms with Gasteiger partial charge in [-0.2, -0.15) is 0 Å². The minimum Gasteiger partial charge on any atom is -0.303 e. The van der Waals surface area contributed by atoms with Crippen LogP contribution in [0, 0.1) is 5.92 Å². The van der Waals surface area contributed by atoms with Crippen LogP contribution in [0.2, 0.25) is 0 Å². The highest BCUT2D eigenvalue weighted by Crippen LogP contribution is 2.39. The van der Waals surface area contributed by atoms with Gasteiger partial charge < -0.3 is 5.32 Å². The van der Waals surface area contributed by atoms with Gasteiger partial charge in [0.25, 0.3) is 0 Å². The maximum Gasteiger partial charge on any atom is 0.113 e. The SMILES string of the molecule is CCC(C)CC(CC)(NC(C)C)c1nc2c(s1)CCC2. The van der Waals surface area contributed by atoms with E-state index in [1.165, 1.54) is 42.8 Å². The molecule has 1 aliphatic rings. The zero-order valence-electron chi connectivity index (χ0n) is 13.8. The highest BCUT2D eigenvalue weighted by atomic mass is 32.1. The summed E-state index contributed by atoms with van der Waals surface area (Å²) in [7, 11) is 0. The van der Waals surface area contributed by atoms with Crippen molar-refractivity contribution < 1.29 is 0 Å². The van der Waals surface area contributed by atoms with Crippen molar-refractivity contribution in [3.05, 3.63) is 15.6 Å². The Bertz CT molecular complexity index is 417. The van der Waals surface area contributed by atoms with Gasteiger partial charge in [0.2, 0.25) is 0 Å². The number of rotatable bonds is 7. The minimum atomic E-state index is 0.0819. The first-order valence-corrected chi connectivity index (χ1v) is 9.09. The topological polar surface area (TPSA) is 24.9 Å². The van der Waals surface area contributed by atoms with Crippen molar-refractivity contribution in [2.24, 2.45) is 5.92 Å². The number of nitrogens with zero attached hydrogens (tertiary/aromatic N) is 1. The van der Waals surface area contributed by atoms with E-state index in [0.717, 1.165) is 12.3 Å². The molecular formula is C17H30N2S. The van der Waals surface area contributed by atoms with Gasteiger partial charge in [-0.15, -0.1) is 11.3 Å². The predicted octanol–water partition coefficient (Wildman–Crippen LogP) is 4.67. The molecule has 3 heteroatoms. The summed E-state index contributed by atoms with van der Waals surface area (Å²) in [6, 6.07) is 0.498. The number of hydrogen-bond donors (Lipinski definition) is 1. The molecule has 0 amide bonds. The monoisotopic (exact) mass is 294 g/mol. The number of nitrogens with one attached hydrogen (secondary N) is 1. The highest BCUT2D eigenvalue weighted by molar-refractivity contribution is 7.12. The van der Waals surface area contributed by atoms with Gasteiger partial charge in [-0.3, -0.25) is 0 Å². The van der Waals surface area contributed by atoms with Gasteiger partial charge >= 0.3 is 0 Å². The molecule has 0 radical (unpaired) electrons. The van der Waals surface area contributed by atoms with Crippen LogP contribution >= 0.6 is 11.3 Å². The second kappa shape index (κ2) is 6.57. The van der Waals surface area contributed by atoms with Gasteiger partial charge in [-0.1, -0.05) is 27.2 Å². The average molecular weight is 295 g/mol. The number of aromatic nitrogens is 1. The van der Waals surface area contributed by atoms with E-state index in [0.29, 0.717) is 6.04 Å². The summed E-state index contributed by atoms with van der Waals surface area (Å²) in [5.41, 5.74) is 1.47. The molecule has 0 aromatic carbocycles. The number of thiazole rings is 1. The first kappa shape index (κ1) is 16.0. The lowest BCUT2D eigenvalue weighted by Gasteiger charge is -2.36. The minimum absolute atomic E-state index is 0.0819. The van der Waals surface area contributed by atoms with Gasteiger partial charge in [0.15, 0.2) is 0 Å². The molecule has 2 rings (SSSR count). The lowest BCUT2D eigenvalue weighted by molar-refractivity contribution is 0.231. The molecule has 2 atom stereocenters. The third-order valence-electron chi connectivity index (χ3n) is 4.57. The van der Waals surface area contributed by atoms with Crippen LogP contribution in [0.5, 0.6) is 0 Å². The van der Waals surface area contributed by atoms with E-state index in [1.807, 2.05) is 11.3 Å². The molecule has 1 aliphatic carbocycles. The van der Waals surface area contributed by atoms with Crippen molar-refractivity contribution in [3.63, 3.8) is 0 Å².